The molecule has 1 heterocycles. The summed E-state index contributed by atoms with van der Waals surface area (Å²) in [5, 5.41) is 14.0. The number of nitrogens with zero attached hydrogens (tertiary/aromatic N) is 2. The molecule has 1 aromatic carbocycles. The molecule has 0 amide bonds. The van der Waals surface area contributed by atoms with Crippen molar-refractivity contribution in [2.45, 2.75) is 6.18 Å². The second kappa shape index (κ2) is 7.36. The van der Waals surface area contributed by atoms with Gasteiger partial charge in [0.25, 0.3) is 0 Å². The topological polar surface area (TPSA) is 60.7 Å². The van der Waals surface area contributed by atoms with E-state index in [-0.39, 0.29) is 35.2 Å². The van der Waals surface area contributed by atoms with Crippen molar-refractivity contribution in [3.8, 4) is 6.07 Å². The van der Waals surface area contributed by atoms with Crippen molar-refractivity contribution in [2.24, 2.45) is 0 Å². The Hall–Kier alpha value is -2.53. The van der Waals surface area contributed by atoms with E-state index in [0.717, 1.165) is 12.1 Å². The average molecular weight is 359 g/mol. The van der Waals surface area contributed by atoms with Crippen LogP contribution in [0.4, 0.5) is 29.1 Å². The molecule has 0 fully saturated rings. The van der Waals surface area contributed by atoms with Crippen LogP contribution in [0.3, 0.4) is 0 Å². The lowest BCUT2D eigenvalue weighted by Crippen LogP contribution is -2.15. The predicted molar refractivity (Wildman–Crippen MR) is 82.3 cm³/mol. The second-order valence-electron chi connectivity index (χ2n) is 4.71. The molecule has 0 unspecified atom stereocenters. The van der Waals surface area contributed by atoms with Crippen molar-refractivity contribution in [3.63, 3.8) is 0 Å². The molecule has 0 aliphatic carbocycles. The van der Waals surface area contributed by atoms with Crippen LogP contribution in [0.2, 0.25) is 5.02 Å². The molecule has 126 valence electrons. The Bertz CT molecular complexity index is 771. The van der Waals surface area contributed by atoms with E-state index in [1.165, 1.54) is 12.1 Å². The first-order chi connectivity index (χ1) is 11.3. The number of halogens is 5. The first kappa shape index (κ1) is 17.8. The highest BCUT2D eigenvalue weighted by atomic mass is 35.5. The molecule has 0 aliphatic rings. The highest BCUT2D eigenvalue weighted by molar-refractivity contribution is 6.32. The molecule has 2 aromatic rings. The molecule has 0 saturated heterocycles. The van der Waals surface area contributed by atoms with Gasteiger partial charge < -0.3 is 10.6 Å². The highest BCUT2D eigenvalue weighted by Gasteiger charge is 2.31. The number of pyridine rings is 1. The lowest BCUT2D eigenvalue weighted by molar-refractivity contribution is -0.137. The van der Waals surface area contributed by atoms with Crippen LogP contribution in [0, 0.1) is 17.1 Å². The van der Waals surface area contributed by atoms with Gasteiger partial charge in [-0.2, -0.15) is 18.4 Å². The number of aromatic nitrogens is 1. The fourth-order valence-corrected chi connectivity index (χ4v) is 2.06. The van der Waals surface area contributed by atoms with Gasteiger partial charge >= 0.3 is 6.18 Å². The van der Waals surface area contributed by atoms with Crippen molar-refractivity contribution in [2.75, 3.05) is 23.7 Å². The second-order valence-corrected chi connectivity index (χ2v) is 5.12. The van der Waals surface area contributed by atoms with Crippen LogP contribution < -0.4 is 10.6 Å². The van der Waals surface area contributed by atoms with E-state index in [1.807, 2.05) is 6.07 Å². The van der Waals surface area contributed by atoms with Gasteiger partial charge in [0.15, 0.2) is 0 Å². The molecule has 0 atom stereocenters. The molecule has 0 saturated carbocycles. The summed E-state index contributed by atoms with van der Waals surface area (Å²) in [5.74, 6) is -0.466. The van der Waals surface area contributed by atoms with Crippen LogP contribution in [0.25, 0.3) is 0 Å². The van der Waals surface area contributed by atoms with Gasteiger partial charge in [-0.1, -0.05) is 11.6 Å². The fourth-order valence-electron chi connectivity index (χ4n) is 1.83. The van der Waals surface area contributed by atoms with Gasteiger partial charge in [-0.15, -0.1) is 0 Å². The quantitative estimate of drug-likeness (QED) is 0.618. The molecular weight excluding hydrogens is 348 g/mol. The summed E-state index contributed by atoms with van der Waals surface area (Å²) >= 11 is 5.75. The molecule has 9 heteroatoms. The molecule has 2 N–H and O–H groups in total. The van der Waals surface area contributed by atoms with Crippen LogP contribution >= 0.6 is 11.6 Å². The standard InChI is InChI=1S/C15H11ClF4N4/c16-11-6-10(15(18,19)20)8-24-14(11)23-4-3-22-13-2-1-9(7-21)5-12(13)17/h1-2,5-6,8,22H,3-4H2,(H,23,24). The summed E-state index contributed by atoms with van der Waals surface area (Å²) in [6, 6.07) is 6.60. The zero-order chi connectivity index (χ0) is 17.7. The summed E-state index contributed by atoms with van der Waals surface area (Å²) < 4.78 is 51.1. The predicted octanol–water partition coefficient (Wildman–Crippen LogP) is 4.29. The van der Waals surface area contributed by atoms with Crippen molar-refractivity contribution in [1.82, 2.24) is 4.98 Å². The van der Waals surface area contributed by atoms with E-state index in [2.05, 4.69) is 15.6 Å². The zero-order valence-electron chi connectivity index (χ0n) is 12.1. The minimum absolute atomic E-state index is 0.103. The molecule has 1 aromatic heterocycles. The average Bonchev–Trinajstić information content (AvgIpc) is 2.52. The summed E-state index contributed by atoms with van der Waals surface area (Å²) in [4.78, 5) is 3.63. The van der Waals surface area contributed by atoms with Gasteiger partial charge in [0.05, 0.1) is 27.9 Å². The number of hydrogen-bond donors (Lipinski definition) is 2. The van der Waals surface area contributed by atoms with Crippen LogP contribution in [0.15, 0.2) is 30.5 Å². The molecule has 0 radical (unpaired) electrons. The number of hydrogen-bond acceptors (Lipinski definition) is 4. The lowest BCUT2D eigenvalue weighted by atomic mass is 10.2. The van der Waals surface area contributed by atoms with E-state index in [0.29, 0.717) is 6.20 Å². The molecule has 0 aliphatic heterocycles. The number of anilines is 2. The van der Waals surface area contributed by atoms with E-state index in [1.54, 1.807) is 0 Å². The van der Waals surface area contributed by atoms with Gasteiger partial charge in [0, 0.05) is 19.3 Å². The number of nitriles is 1. The van der Waals surface area contributed by atoms with E-state index < -0.39 is 17.6 Å². The third-order valence-corrected chi connectivity index (χ3v) is 3.29. The molecule has 0 spiro atoms. The van der Waals surface area contributed by atoms with Gasteiger partial charge in [0.2, 0.25) is 0 Å². The SMILES string of the molecule is N#Cc1ccc(NCCNc2ncc(C(F)(F)F)cc2Cl)c(F)c1. The van der Waals surface area contributed by atoms with Crippen LogP contribution in [0.5, 0.6) is 0 Å². The van der Waals surface area contributed by atoms with Crippen molar-refractivity contribution in [3.05, 3.63) is 52.4 Å². The van der Waals surface area contributed by atoms with Crippen LogP contribution in [-0.4, -0.2) is 18.1 Å². The van der Waals surface area contributed by atoms with Crippen LogP contribution in [-0.2, 0) is 6.18 Å². The lowest BCUT2D eigenvalue weighted by Gasteiger charge is -2.12. The summed E-state index contributed by atoms with van der Waals surface area (Å²) in [6.45, 7) is 0.513. The maximum absolute atomic E-state index is 13.6. The smallest absolute Gasteiger partial charge is 0.381 e. The fraction of sp³-hybridized carbons (Fsp3) is 0.200. The normalized spacial score (nSPS) is 11.0. The molecule has 2 rings (SSSR count). The van der Waals surface area contributed by atoms with Gasteiger partial charge in [0.1, 0.15) is 11.6 Å². The highest BCUT2D eigenvalue weighted by Crippen LogP contribution is 2.32. The minimum atomic E-state index is -4.51. The Kier molecular flexibility index (Phi) is 5.46. The van der Waals surface area contributed by atoms with Gasteiger partial charge in [-0.25, -0.2) is 9.37 Å². The number of benzene rings is 1. The third-order valence-electron chi connectivity index (χ3n) is 3.00. The third kappa shape index (κ3) is 4.49. The van der Waals surface area contributed by atoms with E-state index >= 15 is 0 Å². The largest absolute Gasteiger partial charge is 0.417 e. The monoisotopic (exact) mass is 358 g/mol. The maximum Gasteiger partial charge on any atom is 0.417 e. The first-order valence-corrected chi connectivity index (χ1v) is 7.09. The number of rotatable bonds is 5. The molecular formula is C15H11ClF4N4. The molecule has 4 nitrogen and oxygen atoms in total. The van der Waals surface area contributed by atoms with Crippen molar-refractivity contribution < 1.29 is 17.6 Å². The summed E-state index contributed by atoms with van der Waals surface area (Å²) in [6.07, 6.45) is -3.83. The number of nitrogens with one attached hydrogen (secondary N) is 2. The Morgan fingerprint density at radius 3 is 2.46 bits per heavy atom. The van der Waals surface area contributed by atoms with Gasteiger partial charge in [-0.05, 0) is 24.3 Å². The van der Waals surface area contributed by atoms with Crippen molar-refractivity contribution in [1.29, 1.82) is 5.26 Å². The Balaban J connectivity index is 1.90. The Morgan fingerprint density at radius 2 is 1.88 bits per heavy atom. The molecule has 24 heavy (non-hydrogen) atoms. The summed E-state index contributed by atoms with van der Waals surface area (Å²) in [5.41, 5.74) is -0.519. The Morgan fingerprint density at radius 1 is 1.17 bits per heavy atom. The summed E-state index contributed by atoms with van der Waals surface area (Å²) in [7, 11) is 0. The minimum Gasteiger partial charge on any atom is -0.381 e. The van der Waals surface area contributed by atoms with Crippen molar-refractivity contribution >= 4 is 23.1 Å². The van der Waals surface area contributed by atoms with E-state index in [9.17, 15) is 17.6 Å². The van der Waals surface area contributed by atoms with Gasteiger partial charge in [-0.3, -0.25) is 0 Å². The molecule has 0 bridgehead atoms. The van der Waals surface area contributed by atoms with Crippen LogP contribution in [0.1, 0.15) is 11.1 Å². The number of alkyl halides is 3. The zero-order valence-corrected chi connectivity index (χ0v) is 12.8. The maximum atomic E-state index is 13.6. The van der Waals surface area contributed by atoms with E-state index in [4.69, 9.17) is 16.9 Å². The first-order valence-electron chi connectivity index (χ1n) is 6.71. The Labute approximate surface area is 140 Å².